The SMILES string of the molecule is CSCCN(C)CCNCC1CCCCC1. The molecule has 0 amide bonds. The molecule has 16 heavy (non-hydrogen) atoms. The van der Waals surface area contributed by atoms with Gasteiger partial charge >= 0.3 is 0 Å². The molecule has 0 aromatic rings. The van der Waals surface area contributed by atoms with Crippen LogP contribution in [-0.2, 0) is 0 Å². The zero-order valence-corrected chi connectivity index (χ0v) is 11.8. The number of rotatable bonds is 8. The Morgan fingerprint density at radius 1 is 1.19 bits per heavy atom. The van der Waals surface area contributed by atoms with Crippen LogP contribution >= 0.6 is 11.8 Å². The zero-order chi connectivity index (χ0) is 11.6. The summed E-state index contributed by atoms with van der Waals surface area (Å²) in [6.07, 6.45) is 9.47. The van der Waals surface area contributed by atoms with Crippen LogP contribution in [0.25, 0.3) is 0 Å². The van der Waals surface area contributed by atoms with Gasteiger partial charge in [0.1, 0.15) is 0 Å². The topological polar surface area (TPSA) is 15.3 Å². The van der Waals surface area contributed by atoms with Gasteiger partial charge in [0.2, 0.25) is 0 Å². The molecule has 1 saturated carbocycles. The number of hydrogen-bond acceptors (Lipinski definition) is 3. The van der Waals surface area contributed by atoms with E-state index in [9.17, 15) is 0 Å². The summed E-state index contributed by atoms with van der Waals surface area (Å²) in [5, 5.41) is 3.61. The summed E-state index contributed by atoms with van der Waals surface area (Å²) in [7, 11) is 2.22. The van der Waals surface area contributed by atoms with Gasteiger partial charge in [-0.3, -0.25) is 0 Å². The Hall–Kier alpha value is 0.270. The van der Waals surface area contributed by atoms with E-state index in [1.165, 1.54) is 57.5 Å². The molecule has 1 fully saturated rings. The maximum atomic E-state index is 3.61. The summed E-state index contributed by atoms with van der Waals surface area (Å²) in [5.74, 6) is 2.21. The quantitative estimate of drug-likeness (QED) is 0.660. The Labute approximate surface area is 106 Å². The van der Waals surface area contributed by atoms with Gasteiger partial charge in [0.25, 0.3) is 0 Å². The van der Waals surface area contributed by atoms with Gasteiger partial charge in [-0.15, -0.1) is 0 Å². The predicted octanol–water partition coefficient (Wildman–Crippen LogP) is 2.45. The fourth-order valence-corrected chi connectivity index (χ4v) is 2.82. The van der Waals surface area contributed by atoms with Gasteiger partial charge in [-0.25, -0.2) is 0 Å². The van der Waals surface area contributed by atoms with Crippen molar-refractivity contribution in [1.29, 1.82) is 0 Å². The molecule has 0 unspecified atom stereocenters. The highest BCUT2D eigenvalue weighted by Crippen LogP contribution is 2.22. The van der Waals surface area contributed by atoms with E-state index in [4.69, 9.17) is 0 Å². The Morgan fingerprint density at radius 3 is 2.62 bits per heavy atom. The minimum Gasteiger partial charge on any atom is -0.315 e. The van der Waals surface area contributed by atoms with Crippen LogP contribution in [0.15, 0.2) is 0 Å². The van der Waals surface area contributed by atoms with E-state index >= 15 is 0 Å². The highest BCUT2D eigenvalue weighted by molar-refractivity contribution is 7.98. The molecule has 96 valence electrons. The van der Waals surface area contributed by atoms with E-state index in [1.54, 1.807) is 0 Å². The van der Waals surface area contributed by atoms with Crippen LogP contribution in [-0.4, -0.2) is 50.1 Å². The molecular weight excluding hydrogens is 216 g/mol. The maximum Gasteiger partial charge on any atom is 0.0104 e. The highest BCUT2D eigenvalue weighted by atomic mass is 32.2. The van der Waals surface area contributed by atoms with Crippen molar-refractivity contribution in [2.75, 3.05) is 45.2 Å². The molecule has 1 rings (SSSR count). The number of nitrogens with zero attached hydrogens (tertiary/aromatic N) is 1. The standard InChI is InChI=1S/C13H28N2S/c1-15(10-11-16-2)9-8-14-12-13-6-4-3-5-7-13/h13-14H,3-12H2,1-2H3. The first-order valence-corrected chi connectivity index (χ1v) is 8.10. The molecule has 0 atom stereocenters. The minimum atomic E-state index is 0.963. The van der Waals surface area contributed by atoms with Gasteiger partial charge in [-0.2, -0.15) is 11.8 Å². The van der Waals surface area contributed by atoms with Crippen LogP contribution < -0.4 is 5.32 Å². The van der Waals surface area contributed by atoms with Gasteiger partial charge in [-0.1, -0.05) is 19.3 Å². The van der Waals surface area contributed by atoms with Crippen LogP contribution in [0.1, 0.15) is 32.1 Å². The molecule has 0 aromatic carbocycles. The summed E-state index contributed by atoms with van der Waals surface area (Å²) >= 11 is 1.93. The second-order valence-corrected chi connectivity index (χ2v) is 5.99. The number of thioether (sulfide) groups is 1. The van der Waals surface area contributed by atoms with Crippen LogP contribution in [0.3, 0.4) is 0 Å². The average Bonchev–Trinajstić information content (AvgIpc) is 2.33. The fraction of sp³-hybridized carbons (Fsp3) is 1.00. The number of nitrogens with one attached hydrogen (secondary N) is 1. The molecule has 0 bridgehead atoms. The van der Waals surface area contributed by atoms with Crippen LogP contribution in [0, 0.1) is 5.92 Å². The average molecular weight is 244 g/mol. The Balaban J connectivity index is 1.90. The van der Waals surface area contributed by atoms with Crippen molar-refractivity contribution in [1.82, 2.24) is 10.2 Å². The summed E-state index contributed by atoms with van der Waals surface area (Å²) in [6, 6.07) is 0. The Bertz CT molecular complexity index is 158. The first-order valence-electron chi connectivity index (χ1n) is 6.71. The minimum absolute atomic E-state index is 0.963. The zero-order valence-electron chi connectivity index (χ0n) is 11.0. The van der Waals surface area contributed by atoms with Crippen LogP contribution in [0.4, 0.5) is 0 Å². The molecule has 0 heterocycles. The van der Waals surface area contributed by atoms with Gasteiger partial charge in [0.15, 0.2) is 0 Å². The third kappa shape index (κ3) is 6.77. The van der Waals surface area contributed by atoms with E-state index in [2.05, 4.69) is 23.5 Å². The van der Waals surface area contributed by atoms with Crippen molar-refractivity contribution >= 4 is 11.8 Å². The largest absolute Gasteiger partial charge is 0.315 e. The molecule has 1 aliphatic carbocycles. The smallest absolute Gasteiger partial charge is 0.0104 e. The molecule has 0 radical (unpaired) electrons. The molecular formula is C13H28N2S. The lowest BCUT2D eigenvalue weighted by Crippen LogP contribution is -2.33. The van der Waals surface area contributed by atoms with Crippen molar-refractivity contribution in [2.45, 2.75) is 32.1 Å². The fourth-order valence-electron chi connectivity index (χ4n) is 2.33. The molecule has 0 spiro atoms. The summed E-state index contributed by atoms with van der Waals surface area (Å²) in [4.78, 5) is 2.42. The molecule has 2 nitrogen and oxygen atoms in total. The second kappa shape index (κ2) is 9.32. The van der Waals surface area contributed by atoms with E-state index in [-0.39, 0.29) is 0 Å². The van der Waals surface area contributed by atoms with Crippen molar-refractivity contribution in [3.63, 3.8) is 0 Å². The summed E-state index contributed by atoms with van der Waals surface area (Å²) in [5.41, 5.74) is 0. The lowest BCUT2D eigenvalue weighted by atomic mass is 9.89. The Morgan fingerprint density at radius 2 is 1.94 bits per heavy atom. The molecule has 3 heteroatoms. The predicted molar refractivity (Wildman–Crippen MR) is 75.3 cm³/mol. The van der Waals surface area contributed by atoms with Gasteiger partial charge in [-0.05, 0) is 38.6 Å². The van der Waals surface area contributed by atoms with Gasteiger partial charge < -0.3 is 10.2 Å². The van der Waals surface area contributed by atoms with E-state index < -0.39 is 0 Å². The van der Waals surface area contributed by atoms with Gasteiger partial charge in [0.05, 0.1) is 0 Å². The summed E-state index contributed by atoms with van der Waals surface area (Å²) in [6.45, 7) is 4.80. The van der Waals surface area contributed by atoms with Crippen molar-refractivity contribution in [3.05, 3.63) is 0 Å². The first-order chi connectivity index (χ1) is 7.83. The van der Waals surface area contributed by atoms with Crippen molar-refractivity contribution < 1.29 is 0 Å². The third-order valence-electron chi connectivity index (χ3n) is 3.51. The molecule has 0 aliphatic heterocycles. The van der Waals surface area contributed by atoms with Crippen molar-refractivity contribution in [2.24, 2.45) is 5.92 Å². The second-order valence-electron chi connectivity index (χ2n) is 5.00. The summed E-state index contributed by atoms with van der Waals surface area (Å²) < 4.78 is 0. The maximum absolute atomic E-state index is 3.61. The lowest BCUT2D eigenvalue weighted by molar-refractivity contribution is 0.318. The van der Waals surface area contributed by atoms with E-state index in [1.807, 2.05) is 11.8 Å². The molecule has 1 N–H and O–H groups in total. The van der Waals surface area contributed by atoms with Crippen molar-refractivity contribution in [3.8, 4) is 0 Å². The van der Waals surface area contributed by atoms with Gasteiger partial charge in [0, 0.05) is 25.4 Å². The number of likely N-dealkylation sites (N-methyl/N-ethyl adjacent to an activating group) is 1. The monoisotopic (exact) mass is 244 g/mol. The molecule has 0 saturated heterocycles. The normalized spacial score (nSPS) is 18.2. The number of hydrogen-bond donors (Lipinski definition) is 1. The molecule has 0 aromatic heterocycles. The third-order valence-corrected chi connectivity index (χ3v) is 4.10. The van der Waals surface area contributed by atoms with Crippen LogP contribution in [0.5, 0.6) is 0 Å². The highest BCUT2D eigenvalue weighted by Gasteiger charge is 2.12. The lowest BCUT2D eigenvalue weighted by Gasteiger charge is -2.22. The molecule has 1 aliphatic rings. The van der Waals surface area contributed by atoms with E-state index in [0.717, 1.165) is 12.5 Å². The Kier molecular flexibility index (Phi) is 8.34. The van der Waals surface area contributed by atoms with E-state index in [0.29, 0.717) is 0 Å². The first kappa shape index (κ1) is 14.3. The van der Waals surface area contributed by atoms with Crippen LogP contribution in [0.2, 0.25) is 0 Å².